The number of fused-ring (bicyclic) bond motifs is 5. The van der Waals surface area contributed by atoms with Gasteiger partial charge in [-0.15, -0.1) is 0 Å². The second kappa shape index (κ2) is 20.5. The van der Waals surface area contributed by atoms with Gasteiger partial charge in [-0.05, 0) is 154 Å². The lowest BCUT2D eigenvalue weighted by atomic mass is 9.44. The molecule has 0 spiro atoms. The zero-order valence-electron chi connectivity index (χ0n) is 34.1. The fourth-order valence-corrected chi connectivity index (χ4v) is 12.6. The fourth-order valence-electron chi connectivity index (χ4n) is 12.6. The van der Waals surface area contributed by atoms with Crippen molar-refractivity contribution in [3.05, 3.63) is 12.2 Å². The van der Waals surface area contributed by atoms with Crippen molar-refractivity contribution in [2.75, 3.05) is 0 Å². The third-order valence-electron chi connectivity index (χ3n) is 15.8. The molecule has 0 heterocycles. The van der Waals surface area contributed by atoms with Crippen molar-refractivity contribution in [1.82, 2.24) is 0 Å². The van der Waals surface area contributed by atoms with Crippen LogP contribution in [0.15, 0.2) is 12.2 Å². The topological polar surface area (TPSA) is 26.3 Å². The molecule has 284 valence electrons. The Kier molecular flexibility index (Phi) is 17.1. The highest BCUT2D eigenvalue weighted by atomic mass is 16.5. The molecule has 4 aliphatic carbocycles. The predicted molar refractivity (Wildman–Crippen MR) is 212 cm³/mol. The van der Waals surface area contributed by atoms with Crippen LogP contribution in [0.1, 0.15) is 215 Å². The van der Waals surface area contributed by atoms with Gasteiger partial charge in [0, 0.05) is 6.42 Å². The van der Waals surface area contributed by atoms with Crippen molar-refractivity contribution in [1.29, 1.82) is 0 Å². The third-order valence-corrected chi connectivity index (χ3v) is 15.8. The first-order valence-electron chi connectivity index (χ1n) is 22.5. The van der Waals surface area contributed by atoms with E-state index in [9.17, 15) is 4.79 Å². The summed E-state index contributed by atoms with van der Waals surface area (Å²) in [5.41, 5.74) is 1.03. The molecule has 0 saturated heterocycles. The van der Waals surface area contributed by atoms with E-state index in [-0.39, 0.29) is 12.1 Å². The second-order valence-corrected chi connectivity index (χ2v) is 19.1. The standard InChI is InChI=1S/C47H84O2/c1-8-10-11-12-13-14-15-16-17-18-19-20-21-22-23-24-45(48)49-40-31-33-46(6)39(35-40)27-28-41-43-30-29-42(47(43,7)34-32-44(41)46)37(5)25-26-38(9-2)36(3)4/h16-17,36-44H,8-15,18-35H2,1-7H3/b17-16+/t37?,38-,39?,40?,41?,42-,43?,44?,46+,47-/m1/s1. The lowest BCUT2D eigenvalue weighted by Gasteiger charge is -2.61. The molecule has 10 atom stereocenters. The fraction of sp³-hybridized carbons (Fsp3) is 0.936. The van der Waals surface area contributed by atoms with E-state index in [1.807, 2.05) is 0 Å². The SMILES string of the molecule is CCCCCCCC/C=C/CCCCCCCC(=O)OC1CC[C@@]2(C)C(CCC3C2CC[C@@]2(C)C3CC[C@@H]2C(C)CC[C@@H](CC)C(C)C)C1. The van der Waals surface area contributed by atoms with Crippen molar-refractivity contribution in [2.45, 2.75) is 222 Å². The van der Waals surface area contributed by atoms with Gasteiger partial charge in [-0.2, -0.15) is 0 Å². The summed E-state index contributed by atoms with van der Waals surface area (Å²) in [6, 6.07) is 0. The van der Waals surface area contributed by atoms with Crippen LogP contribution in [0.4, 0.5) is 0 Å². The number of carbonyl (C=O) groups is 1. The maximum absolute atomic E-state index is 12.9. The maximum Gasteiger partial charge on any atom is 0.306 e. The second-order valence-electron chi connectivity index (χ2n) is 19.1. The monoisotopic (exact) mass is 681 g/mol. The van der Waals surface area contributed by atoms with Gasteiger partial charge in [0.2, 0.25) is 0 Å². The largest absolute Gasteiger partial charge is 0.462 e. The van der Waals surface area contributed by atoms with Gasteiger partial charge in [-0.3, -0.25) is 4.79 Å². The molecule has 4 aliphatic rings. The molecule has 2 nitrogen and oxygen atoms in total. The van der Waals surface area contributed by atoms with E-state index < -0.39 is 0 Å². The van der Waals surface area contributed by atoms with Crippen LogP contribution in [0, 0.1) is 58.2 Å². The van der Waals surface area contributed by atoms with E-state index >= 15 is 0 Å². The lowest BCUT2D eigenvalue weighted by molar-refractivity contribution is -0.162. The van der Waals surface area contributed by atoms with Crippen molar-refractivity contribution >= 4 is 5.97 Å². The van der Waals surface area contributed by atoms with Crippen LogP contribution in [0.5, 0.6) is 0 Å². The number of hydrogen-bond acceptors (Lipinski definition) is 2. The predicted octanol–water partition coefficient (Wildman–Crippen LogP) is 14.7. The Hall–Kier alpha value is -0.790. The van der Waals surface area contributed by atoms with Crippen LogP contribution in [0.2, 0.25) is 0 Å². The molecule has 4 fully saturated rings. The van der Waals surface area contributed by atoms with Crippen molar-refractivity contribution in [2.24, 2.45) is 58.2 Å². The molecule has 4 saturated carbocycles. The van der Waals surface area contributed by atoms with Crippen LogP contribution < -0.4 is 0 Å². The molecule has 49 heavy (non-hydrogen) atoms. The summed E-state index contributed by atoms with van der Waals surface area (Å²) in [5.74, 6) is 7.17. The normalized spacial score (nSPS) is 34.0. The molecule has 0 bridgehead atoms. The molecule has 0 amide bonds. The van der Waals surface area contributed by atoms with Crippen molar-refractivity contribution < 1.29 is 9.53 Å². The number of allylic oxidation sites excluding steroid dienone is 2. The first-order valence-corrected chi connectivity index (χ1v) is 22.5. The van der Waals surface area contributed by atoms with E-state index in [1.54, 1.807) is 0 Å². The minimum absolute atomic E-state index is 0.0816. The minimum Gasteiger partial charge on any atom is -0.462 e. The average molecular weight is 681 g/mol. The van der Waals surface area contributed by atoms with Gasteiger partial charge in [0.25, 0.3) is 0 Å². The van der Waals surface area contributed by atoms with Crippen LogP contribution in [-0.4, -0.2) is 12.1 Å². The van der Waals surface area contributed by atoms with E-state index in [1.165, 1.54) is 141 Å². The number of unbranched alkanes of at least 4 members (excludes halogenated alkanes) is 11. The number of ether oxygens (including phenoxy) is 1. The third kappa shape index (κ3) is 11.1. The molecule has 0 aliphatic heterocycles. The van der Waals surface area contributed by atoms with Crippen LogP contribution in [-0.2, 0) is 9.53 Å². The van der Waals surface area contributed by atoms with Crippen LogP contribution in [0.25, 0.3) is 0 Å². The van der Waals surface area contributed by atoms with E-state index in [0.29, 0.717) is 17.3 Å². The van der Waals surface area contributed by atoms with Crippen molar-refractivity contribution in [3.8, 4) is 0 Å². The Balaban J connectivity index is 1.11. The highest BCUT2D eigenvalue weighted by molar-refractivity contribution is 5.69. The van der Waals surface area contributed by atoms with Gasteiger partial charge in [-0.25, -0.2) is 0 Å². The minimum atomic E-state index is 0.0816. The van der Waals surface area contributed by atoms with Gasteiger partial charge in [0.05, 0.1) is 0 Å². The van der Waals surface area contributed by atoms with Gasteiger partial charge in [0.15, 0.2) is 0 Å². The Morgan fingerprint density at radius 1 is 0.714 bits per heavy atom. The molecule has 0 aromatic rings. The molecule has 0 aromatic carbocycles. The number of hydrogen-bond donors (Lipinski definition) is 0. The van der Waals surface area contributed by atoms with Gasteiger partial charge in [-0.1, -0.05) is 125 Å². The van der Waals surface area contributed by atoms with Gasteiger partial charge >= 0.3 is 5.97 Å². The number of esters is 1. The first-order chi connectivity index (χ1) is 23.6. The lowest BCUT2D eigenvalue weighted by Crippen LogP contribution is -2.54. The number of rotatable bonds is 22. The summed E-state index contributed by atoms with van der Waals surface area (Å²) < 4.78 is 6.18. The highest BCUT2D eigenvalue weighted by Gasteiger charge is 2.60. The number of carbonyl (C=O) groups excluding carboxylic acids is 1. The summed E-state index contributed by atoms with van der Waals surface area (Å²) >= 11 is 0. The molecule has 2 heteroatoms. The van der Waals surface area contributed by atoms with Crippen LogP contribution in [0.3, 0.4) is 0 Å². The van der Waals surface area contributed by atoms with Gasteiger partial charge < -0.3 is 4.74 Å². The molecule has 0 aromatic heterocycles. The molecule has 6 unspecified atom stereocenters. The Bertz CT molecular complexity index is 967. The summed E-state index contributed by atoms with van der Waals surface area (Å²) in [4.78, 5) is 12.9. The molecular weight excluding hydrogens is 597 g/mol. The van der Waals surface area contributed by atoms with Crippen molar-refractivity contribution in [3.63, 3.8) is 0 Å². The van der Waals surface area contributed by atoms with E-state index in [0.717, 1.165) is 66.6 Å². The quantitative estimate of drug-likeness (QED) is 0.0646. The summed E-state index contributed by atoms with van der Waals surface area (Å²) in [5, 5.41) is 0. The summed E-state index contributed by atoms with van der Waals surface area (Å²) in [7, 11) is 0. The zero-order chi connectivity index (χ0) is 35.3. The maximum atomic E-state index is 12.9. The highest BCUT2D eigenvalue weighted by Crippen LogP contribution is 2.68. The van der Waals surface area contributed by atoms with E-state index in [4.69, 9.17) is 4.74 Å². The Labute approximate surface area is 306 Å². The molecule has 4 rings (SSSR count). The smallest absolute Gasteiger partial charge is 0.306 e. The zero-order valence-corrected chi connectivity index (χ0v) is 34.1. The average Bonchev–Trinajstić information content (AvgIpc) is 3.44. The summed E-state index contributed by atoms with van der Waals surface area (Å²) in [6.07, 6.45) is 38.8. The van der Waals surface area contributed by atoms with Gasteiger partial charge in [0.1, 0.15) is 6.10 Å². The summed E-state index contributed by atoms with van der Waals surface area (Å²) in [6.45, 7) is 17.6. The molecule has 0 N–H and O–H groups in total. The molecule has 0 radical (unpaired) electrons. The molecular formula is C47H84O2. The Morgan fingerprint density at radius 2 is 1.35 bits per heavy atom. The Morgan fingerprint density at radius 3 is 2.02 bits per heavy atom. The van der Waals surface area contributed by atoms with Crippen LogP contribution >= 0.6 is 0 Å². The van der Waals surface area contributed by atoms with E-state index in [2.05, 4.69) is 60.6 Å². The first kappa shape index (κ1) is 41.0.